The van der Waals surface area contributed by atoms with Gasteiger partial charge in [0.15, 0.2) is 0 Å². The van der Waals surface area contributed by atoms with Gasteiger partial charge in [-0.15, -0.1) is 0 Å². The number of piperazine rings is 1. The molecular formula is C27H39N5O5. The molecule has 4 heterocycles. The van der Waals surface area contributed by atoms with Crippen molar-refractivity contribution in [1.82, 2.24) is 14.7 Å². The maximum Gasteiger partial charge on any atom is 0.303 e. The Morgan fingerprint density at radius 3 is 2.49 bits per heavy atom. The van der Waals surface area contributed by atoms with Crippen LogP contribution in [0.4, 0.5) is 11.4 Å². The van der Waals surface area contributed by atoms with E-state index in [1.807, 2.05) is 11.0 Å². The van der Waals surface area contributed by atoms with Crippen molar-refractivity contribution in [3.05, 3.63) is 34.4 Å². The van der Waals surface area contributed by atoms with Crippen LogP contribution in [-0.4, -0.2) is 101 Å². The molecule has 202 valence electrons. The van der Waals surface area contributed by atoms with Crippen LogP contribution < -0.4 is 4.90 Å². The molecule has 0 aliphatic carbocycles. The van der Waals surface area contributed by atoms with E-state index in [9.17, 15) is 24.8 Å². The highest BCUT2D eigenvalue weighted by Crippen LogP contribution is 2.43. The molecule has 0 radical (unpaired) electrons. The number of nitro groups is 1. The number of aliphatic carboxylic acids is 1. The number of nitrogens with zero attached hydrogens (tertiary/aromatic N) is 5. The zero-order valence-corrected chi connectivity index (χ0v) is 21.5. The van der Waals surface area contributed by atoms with Gasteiger partial charge in [-0.2, -0.15) is 0 Å². The molecule has 5 rings (SSSR count). The number of piperidine rings is 3. The van der Waals surface area contributed by atoms with Crippen LogP contribution in [0.5, 0.6) is 0 Å². The number of benzene rings is 1. The van der Waals surface area contributed by atoms with Crippen LogP contribution in [0.3, 0.4) is 0 Å². The summed E-state index contributed by atoms with van der Waals surface area (Å²) < 4.78 is 0. The molecule has 0 spiro atoms. The van der Waals surface area contributed by atoms with Crippen molar-refractivity contribution in [3.63, 3.8) is 0 Å². The third kappa shape index (κ3) is 5.60. The maximum atomic E-state index is 13.8. The third-order valence-electron chi connectivity index (χ3n) is 9.03. The Morgan fingerprint density at radius 2 is 1.76 bits per heavy atom. The van der Waals surface area contributed by atoms with E-state index < -0.39 is 5.97 Å². The summed E-state index contributed by atoms with van der Waals surface area (Å²) in [4.78, 5) is 45.1. The quantitative estimate of drug-likeness (QED) is 0.417. The summed E-state index contributed by atoms with van der Waals surface area (Å²) in [6.07, 6.45) is 6.13. The van der Waals surface area contributed by atoms with Crippen LogP contribution in [0.25, 0.3) is 0 Å². The van der Waals surface area contributed by atoms with Crippen LogP contribution in [0.2, 0.25) is 0 Å². The van der Waals surface area contributed by atoms with Crippen LogP contribution in [0.1, 0.15) is 44.9 Å². The Morgan fingerprint density at radius 1 is 1.03 bits per heavy atom. The minimum absolute atomic E-state index is 0.113. The van der Waals surface area contributed by atoms with E-state index in [4.69, 9.17) is 0 Å². The lowest BCUT2D eigenvalue weighted by Gasteiger charge is -2.57. The number of para-hydroxylation sites is 2. The van der Waals surface area contributed by atoms with Crippen LogP contribution in [0, 0.1) is 22.0 Å². The standard InChI is InChI=1S/C27H39N5O5/c33-25(19-28-14-16-29(17-15-28)23-8-1-2-9-24(23)32(36)37)31-18-20-6-4-12-30-13-5-7-21(27(20)30)22(31)10-3-11-26(34)35/h1-2,8-9,20-22,27H,3-7,10-19H2,(H,34,35). The highest BCUT2D eigenvalue weighted by atomic mass is 16.6. The Kier molecular flexibility index (Phi) is 7.95. The third-order valence-corrected chi connectivity index (χ3v) is 9.03. The number of amides is 1. The van der Waals surface area contributed by atoms with Crippen molar-refractivity contribution in [2.75, 3.05) is 57.3 Å². The normalized spacial score (nSPS) is 28.5. The summed E-state index contributed by atoms with van der Waals surface area (Å²) in [6.45, 7) is 6.08. The number of carboxylic acid groups (broad SMARTS) is 1. The van der Waals surface area contributed by atoms with Crippen LogP contribution >= 0.6 is 0 Å². The second kappa shape index (κ2) is 11.3. The summed E-state index contributed by atoms with van der Waals surface area (Å²) in [5.41, 5.74) is 0.756. The molecule has 4 unspecified atom stereocenters. The first-order valence-corrected chi connectivity index (χ1v) is 13.9. The number of carbonyl (C=O) groups is 2. The molecule has 0 aromatic heterocycles. The fraction of sp³-hybridized carbons (Fsp3) is 0.704. The molecule has 4 aliphatic rings. The molecule has 4 saturated heterocycles. The zero-order chi connectivity index (χ0) is 25.9. The average Bonchev–Trinajstić information content (AvgIpc) is 2.90. The molecular weight excluding hydrogens is 474 g/mol. The first-order valence-electron chi connectivity index (χ1n) is 13.9. The van der Waals surface area contributed by atoms with Gasteiger partial charge in [-0.05, 0) is 69.5 Å². The van der Waals surface area contributed by atoms with Gasteiger partial charge >= 0.3 is 5.97 Å². The van der Waals surface area contributed by atoms with Gasteiger partial charge in [-0.1, -0.05) is 12.1 Å². The smallest absolute Gasteiger partial charge is 0.303 e. The van der Waals surface area contributed by atoms with E-state index in [1.54, 1.807) is 12.1 Å². The molecule has 1 amide bonds. The Hall–Kier alpha value is -2.72. The molecule has 10 heteroatoms. The minimum Gasteiger partial charge on any atom is -0.481 e. The fourth-order valence-corrected chi connectivity index (χ4v) is 7.43. The summed E-state index contributed by atoms with van der Waals surface area (Å²) in [7, 11) is 0. The molecule has 10 nitrogen and oxygen atoms in total. The van der Waals surface area contributed by atoms with Crippen LogP contribution in [0.15, 0.2) is 24.3 Å². The number of rotatable bonds is 8. The molecule has 1 N–H and O–H groups in total. The topological polar surface area (TPSA) is 110 Å². The SMILES string of the molecule is O=C(O)CCCC1C2CCCN3CCCC(CN1C(=O)CN1CCN(c4ccccc4[N+](=O)[O-])CC1)C23. The molecule has 4 atom stereocenters. The van der Waals surface area contributed by atoms with Gasteiger partial charge in [0.05, 0.1) is 11.5 Å². The molecule has 37 heavy (non-hydrogen) atoms. The number of hydrogen-bond acceptors (Lipinski definition) is 7. The van der Waals surface area contributed by atoms with E-state index >= 15 is 0 Å². The predicted molar refractivity (Wildman–Crippen MR) is 140 cm³/mol. The molecule has 4 aliphatic heterocycles. The summed E-state index contributed by atoms with van der Waals surface area (Å²) >= 11 is 0. The van der Waals surface area contributed by atoms with Gasteiger partial charge in [0, 0.05) is 57.3 Å². The number of nitro benzene ring substituents is 1. The molecule has 4 fully saturated rings. The lowest BCUT2D eigenvalue weighted by Crippen LogP contribution is -2.66. The van der Waals surface area contributed by atoms with E-state index in [0.717, 1.165) is 45.3 Å². The second-order valence-corrected chi connectivity index (χ2v) is 11.1. The van der Waals surface area contributed by atoms with E-state index in [1.165, 1.54) is 12.5 Å². The molecule has 1 aromatic rings. The van der Waals surface area contributed by atoms with Gasteiger partial charge in [0.1, 0.15) is 5.69 Å². The number of carboxylic acids is 1. The number of hydrogen-bond donors (Lipinski definition) is 1. The average molecular weight is 514 g/mol. The number of anilines is 1. The van der Waals surface area contributed by atoms with Gasteiger partial charge < -0.3 is 14.9 Å². The first kappa shape index (κ1) is 25.9. The summed E-state index contributed by atoms with van der Waals surface area (Å²) in [5, 5.41) is 20.7. The Labute approximate surface area is 218 Å². The van der Waals surface area contributed by atoms with Gasteiger partial charge in [-0.3, -0.25) is 29.5 Å². The van der Waals surface area contributed by atoms with Crippen molar-refractivity contribution in [3.8, 4) is 0 Å². The molecule has 0 saturated carbocycles. The van der Waals surface area contributed by atoms with E-state index in [-0.39, 0.29) is 29.0 Å². The first-order chi connectivity index (χ1) is 17.9. The van der Waals surface area contributed by atoms with Crippen molar-refractivity contribution in [2.24, 2.45) is 11.8 Å². The van der Waals surface area contributed by atoms with Crippen molar-refractivity contribution >= 4 is 23.3 Å². The zero-order valence-electron chi connectivity index (χ0n) is 21.5. The highest BCUT2D eigenvalue weighted by molar-refractivity contribution is 5.79. The van der Waals surface area contributed by atoms with Crippen molar-refractivity contribution in [2.45, 2.75) is 57.0 Å². The van der Waals surface area contributed by atoms with Crippen molar-refractivity contribution < 1.29 is 19.6 Å². The van der Waals surface area contributed by atoms with Gasteiger partial charge in [-0.25, -0.2) is 0 Å². The lowest BCUT2D eigenvalue weighted by molar-refractivity contribution is -0.384. The maximum absolute atomic E-state index is 13.8. The van der Waals surface area contributed by atoms with Crippen molar-refractivity contribution in [1.29, 1.82) is 0 Å². The van der Waals surface area contributed by atoms with Gasteiger partial charge in [0.25, 0.3) is 5.69 Å². The lowest BCUT2D eigenvalue weighted by atomic mass is 9.69. The Bertz CT molecular complexity index is 995. The largest absolute Gasteiger partial charge is 0.481 e. The summed E-state index contributed by atoms with van der Waals surface area (Å²) in [5.74, 6) is 0.321. The molecule has 1 aromatic carbocycles. The Balaban J connectivity index is 1.24. The van der Waals surface area contributed by atoms with E-state index in [2.05, 4.69) is 14.7 Å². The van der Waals surface area contributed by atoms with E-state index in [0.29, 0.717) is 62.7 Å². The second-order valence-electron chi connectivity index (χ2n) is 11.1. The summed E-state index contributed by atoms with van der Waals surface area (Å²) in [6, 6.07) is 7.49. The predicted octanol–water partition coefficient (Wildman–Crippen LogP) is 2.67. The highest BCUT2D eigenvalue weighted by Gasteiger charge is 2.49. The molecule has 0 bridgehead atoms. The number of likely N-dealkylation sites (tertiary alicyclic amines) is 1. The number of carbonyl (C=O) groups excluding carboxylic acids is 1. The van der Waals surface area contributed by atoms with Gasteiger partial charge in [0.2, 0.25) is 5.91 Å². The van der Waals surface area contributed by atoms with Crippen LogP contribution in [-0.2, 0) is 9.59 Å². The minimum atomic E-state index is -0.772. The fourth-order valence-electron chi connectivity index (χ4n) is 7.43. The monoisotopic (exact) mass is 513 g/mol.